The first kappa shape index (κ1) is 25.0. The van der Waals surface area contributed by atoms with Crippen LogP contribution in [0, 0.1) is 6.92 Å². The molecule has 0 aromatic heterocycles. The van der Waals surface area contributed by atoms with Gasteiger partial charge in [-0.2, -0.15) is 0 Å². The highest BCUT2D eigenvalue weighted by molar-refractivity contribution is 5.88. The molecule has 0 aliphatic carbocycles. The van der Waals surface area contributed by atoms with E-state index >= 15 is 0 Å². The Morgan fingerprint density at radius 3 is 2.03 bits per heavy atom. The third-order valence-corrected chi connectivity index (χ3v) is 4.98. The summed E-state index contributed by atoms with van der Waals surface area (Å²) in [4.78, 5) is 27.7. The van der Waals surface area contributed by atoms with E-state index in [0.717, 1.165) is 11.1 Å². The SMILES string of the molecule is CC[C@H](C(=O)NC(C)C)N(Cc1ccc(C)cc1)C(=O)COc1cc(OC)cc(OC)c1. The van der Waals surface area contributed by atoms with Crippen molar-refractivity contribution < 1.29 is 23.8 Å². The molecule has 7 heteroatoms. The number of rotatable bonds is 11. The fourth-order valence-corrected chi connectivity index (χ4v) is 3.28. The van der Waals surface area contributed by atoms with E-state index in [2.05, 4.69) is 5.32 Å². The van der Waals surface area contributed by atoms with Crippen LogP contribution in [0.15, 0.2) is 42.5 Å². The van der Waals surface area contributed by atoms with Crippen LogP contribution in [0.2, 0.25) is 0 Å². The quantitative estimate of drug-likeness (QED) is 0.574. The maximum atomic E-state index is 13.2. The third-order valence-electron chi connectivity index (χ3n) is 4.98. The van der Waals surface area contributed by atoms with Crippen LogP contribution in [0.1, 0.15) is 38.3 Å². The minimum atomic E-state index is -0.602. The van der Waals surface area contributed by atoms with Gasteiger partial charge in [-0.25, -0.2) is 0 Å². The summed E-state index contributed by atoms with van der Waals surface area (Å²) in [6, 6.07) is 12.4. The molecule has 0 aliphatic heterocycles. The van der Waals surface area contributed by atoms with E-state index in [1.165, 1.54) is 0 Å². The summed E-state index contributed by atoms with van der Waals surface area (Å²) in [6.45, 7) is 7.80. The lowest BCUT2D eigenvalue weighted by atomic mass is 10.1. The van der Waals surface area contributed by atoms with Crippen molar-refractivity contribution in [1.82, 2.24) is 10.2 Å². The molecule has 0 radical (unpaired) electrons. The second-order valence-electron chi connectivity index (χ2n) is 7.93. The van der Waals surface area contributed by atoms with E-state index < -0.39 is 6.04 Å². The Morgan fingerprint density at radius 2 is 1.53 bits per heavy atom. The van der Waals surface area contributed by atoms with E-state index in [1.807, 2.05) is 52.0 Å². The van der Waals surface area contributed by atoms with Crippen molar-refractivity contribution >= 4 is 11.8 Å². The molecule has 0 heterocycles. The highest BCUT2D eigenvalue weighted by atomic mass is 16.5. The van der Waals surface area contributed by atoms with E-state index in [9.17, 15) is 9.59 Å². The Hall–Kier alpha value is -3.22. The number of hydrogen-bond donors (Lipinski definition) is 1. The molecule has 0 saturated carbocycles. The van der Waals surface area contributed by atoms with E-state index in [1.54, 1.807) is 37.3 Å². The molecule has 2 aromatic carbocycles. The molecule has 2 aromatic rings. The first-order valence-electron chi connectivity index (χ1n) is 10.8. The van der Waals surface area contributed by atoms with Gasteiger partial charge in [0.15, 0.2) is 6.61 Å². The van der Waals surface area contributed by atoms with Crippen molar-refractivity contribution in [2.75, 3.05) is 20.8 Å². The first-order valence-corrected chi connectivity index (χ1v) is 10.8. The summed E-state index contributed by atoms with van der Waals surface area (Å²) >= 11 is 0. The van der Waals surface area contributed by atoms with Gasteiger partial charge in [-0.05, 0) is 32.8 Å². The number of carbonyl (C=O) groups is 2. The van der Waals surface area contributed by atoms with Crippen LogP contribution in [0.4, 0.5) is 0 Å². The van der Waals surface area contributed by atoms with Gasteiger partial charge in [-0.3, -0.25) is 9.59 Å². The van der Waals surface area contributed by atoms with E-state index in [4.69, 9.17) is 14.2 Å². The second-order valence-corrected chi connectivity index (χ2v) is 7.93. The summed E-state index contributed by atoms with van der Waals surface area (Å²) in [5.41, 5.74) is 2.08. The van der Waals surface area contributed by atoms with Crippen LogP contribution < -0.4 is 19.5 Å². The predicted molar refractivity (Wildman–Crippen MR) is 124 cm³/mol. The molecule has 174 valence electrons. The van der Waals surface area contributed by atoms with Gasteiger partial charge in [0.2, 0.25) is 5.91 Å². The van der Waals surface area contributed by atoms with E-state index in [-0.39, 0.29) is 24.5 Å². The smallest absolute Gasteiger partial charge is 0.261 e. The van der Waals surface area contributed by atoms with Crippen molar-refractivity contribution in [3.05, 3.63) is 53.6 Å². The van der Waals surface area contributed by atoms with Gasteiger partial charge in [0.25, 0.3) is 5.91 Å². The number of hydrogen-bond acceptors (Lipinski definition) is 5. The monoisotopic (exact) mass is 442 g/mol. The van der Waals surface area contributed by atoms with Crippen molar-refractivity contribution in [2.45, 2.75) is 52.7 Å². The molecule has 0 fully saturated rings. The molecule has 0 aliphatic rings. The maximum absolute atomic E-state index is 13.2. The molecule has 7 nitrogen and oxygen atoms in total. The lowest BCUT2D eigenvalue weighted by molar-refractivity contribution is -0.143. The van der Waals surface area contributed by atoms with E-state index in [0.29, 0.717) is 30.2 Å². The Kier molecular flexibility index (Phi) is 9.38. The lowest BCUT2D eigenvalue weighted by Gasteiger charge is -2.31. The number of amides is 2. The number of aryl methyl sites for hydroxylation is 1. The minimum absolute atomic E-state index is 0.0200. The second kappa shape index (κ2) is 12.0. The number of benzene rings is 2. The van der Waals surface area contributed by atoms with Crippen LogP contribution in [0.25, 0.3) is 0 Å². The average Bonchev–Trinajstić information content (AvgIpc) is 2.77. The molecule has 0 unspecified atom stereocenters. The number of nitrogens with zero attached hydrogens (tertiary/aromatic N) is 1. The van der Waals surface area contributed by atoms with Gasteiger partial charge in [0.05, 0.1) is 14.2 Å². The highest BCUT2D eigenvalue weighted by Crippen LogP contribution is 2.27. The van der Waals surface area contributed by atoms with Crippen molar-refractivity contribution in [2.24, 2.45) is 0 Å². The maximum Gasteiger partial charge on any atom is 0.261 e. The molecule has 0 bridgehead atoms. The zero-order chi connectivity index (χ0) is 23.7. The van der Waals surface area contributed by atoms with Crippen LogP contribution in [-0.4, -0.2) is 49.6 Å². The van der Waals surface area contributed by atoms with Crippen molar-refractivity contribution in [3.63, 3.8) is 0 Å². The third kappa shape index (κ3) is 7.18. The molecule has 2 amide bonds. The lowest BCUT2D eigenvalue weighted by Crippen LogP contribution is -2.51. The fourth-order valence-electron chi connectivity index (χ4n) is 3.28. The largest absolute Gasteiger partial charge is 0.496 e. The van der Waals surface area contributed by atoms with Crippen molar-refractivity contribution in [3.8, 4) is 17.2 Å². The number of carbonyl (C=O) groups excluding carboxylic acids is 2. The normalized spacial score (nSPS) is 11.6. The van der Waals surface area contributed by atoms with Gasteiger partial charge in [0, 0.05) is 30.8 Å². The molecule has 32 heavy (non-hydrogen) atoms. The van der Waals surface area contributed by atoms with Crippen LogP contribution in [0.3, 0.4) is 0 Å². The number of nitrogens with one attached hydrogen (secondary N) is 1. The molecular formula is C25H34N2O5. The van der Waals surface area contributed by atoms with Crippen molar-refractivity contribution in [1.29, 1.82) is 0 Å². The summed E-state index contributed by atoms with van der Waals surface area (Å²) in [5, 5.41) is 2.92. The highest BCUT2D eigenvalue weighted by Gasteiger charge is 2.29. The average molecular weight is 443 g/mol. The van der Waals surface area contributed by atoms with Crippen LogP contribution >= 0.6 is 0 Å². The molecule has 0 spiro atoms. The summed E-state index contributed by atoms with van der Waals surface area (Å²) < 4.78 is 16.3. The van der Waals surface area contributed by atoms with Crippen LogP contribution in [-0.2, 0) is 16.1 Å². The predicted octanol–water partition coefficient (Wildman–Crippen LogP) is 3.72. The Morgan fingerprint density at radius 1 is 0.969 bits per heavy atom. The Balaban J connectivity index is 2.24. The Bertz CT molecular complexity index is 873. The fraction of sp³-hybridized carbons (Fsp3) is 0.440. The summed E-state index contributed by atoms with van der Waals surface area (Å²) in [6.07, 6.45) is 0.489. The Labute approximate surface area is 190 Å². The van der Waals surface area contributed by atoms with Gasteiger partial charge < -0.3 is 24.4 Å². The molecule has 1 N–H and O–H groups in total. The summed E-state index contributed by atoms with van der Waals surface area (Å²) in [5.74, 6) is 1.12. The summed E-state index contributed by atoms with van der Waals surface area (Å²) in [7, 11) is 3.10. The number of methoxy groups -OCH3 is 2. The van der Waals surface area contributed by atoms with Crippen LogP contribution in [0.5, 0.6) is 17.2 Å². The molecule has 0 saturated heterocycles. The minimum Gasteiger partial charge on any atom is -0.496 e. The first-order chi connectivity index (χ1) is 15.3. The van der Waals surface area contributed by atoms with Gasteiger partial charge >= 0.3 is 0 Å². The topological polar surface area (TPSA) is 77.1 Å². The number of ether oxygens (including phenoxy) is 3. The zero-order valence-electron chi connectivity index (χ0n) is 19.8. The van der Waals surface area contributed by atoms with Gasteiger partial charge in [0.1, 0.15) is 23.3 Å². The molecule has 1 atom stereocenters. The molecular weight excluding hydrogens is 408 g/mol. The van der Waals surface area contributed by atoms with Gasteiger partial charge in [-0.1, -0.05) is 36.8 Å². The zero-order valence-corrected chi connectivity index (χ0v) is 19.8. The van der Waals surface area contributed by atoms with Gasteiger partial charge in [-0.15, -0.1) is 0 Å². The standard InChI is InChI=1S/C25H34N2O5/c1-7-23(25(29)26-17(2)3)27(15-19-10-8-18(4)9-11-19)24(28)16-32-22-13-20(30-5)12-21(14-22)31-6/h8-14,17,23H,7,15-16H2,1-6H3,(H,26,29)/t23-/m1/s1. The molecule has 2 rings (SSSR count).